The van der Waals surface area contributed by atoms with E-state index in [1.54, 1.807) is 0 Å². The van der Waals surface area contributed by atoms with Gasteiger partial charge in [-0.1, -0.05) is 0 Å². The zero-order valence-corrected chi connectivity index (χ0v) is 13.1. The van der Waals surface area contributed by atoms with E-state index in [-0.39, 0.29) is 11.4 Å². The van der Waals surface area contributed by atoms with Crippen LogP contribution in [0.4, 0.5) is 0 Å². The van der Waals surface area contributed by atoms with Crippen molar-refractivity contribution in [3.05, 3.63) is 35.1 Å². The molecule has 1 aromatic carbocycles. The summed E-state index contributed by atoms with van der Waals surface area (Å²) >= 11 is 0. The Kier molecular flexibility index (Phi) is 3.05. The summed E-state index contributed by atoms with van der Waals surface area (Å²) < 4.78 is 11.4. The van der Waals surface area contributed by atoms with E-state index in [4.69, 9.17) is 9.15 Å². The monoisotopic (exact) mass is 299 g/mol. The minimum Gasteiger partial charge on any atom is -0.451 e. The molecule has 0 saturated carbocycles. The van der Waals surface area contributed by atoms with Gasteiger partial charge in [-0.05, 0) is 62.4 Å². The smallest absolute Gasteiger partial charge is 0.290 e. The van der Waals surface area contributed by atoms with Crippen LogP contribution >= 0.6 is 0 Å². The van der Waals surface area contributed by atoms with Gasteiger partial charge >= 0.3 is 0 Å². The number of hydrogen-bond acceptors (Lipinski definition) is 3. The first-order chi connectivity index (χ1) is 10.6. The molecule has 2 saturated heterocycles. The molecule has 1 atom stereocenters. The largest absolute Gasteiger partial charge is 0.451 e. The summed E-state index contributed by atoms with van der Waals surface area (Å²) in [7, 11) is 0. The number of nitrogens with zero attached hydrogens (tertiary/aromatic N) is 1. The van der Waals surface area contributed by atoms with Gasteiger partial charge in [-0.2, -0.15) is 0 Å². The number of carbonyl (C=O) groups excluding carboxylic acids is 1. The Morgan fingerprint density at radius 2 is 2.00 bits per heavy atom. The van der Waals surface area contributed by atoms with Gasteiger partial charge in [-0.25, -0.2) is 0 Å². The van der Waals surface area contributed by atoms with Gasteiger partial charge in [0.15, 0.2) is 5.76 Å². The molecule has 1 spiro atoms. The lowest BCUT2D eigenvalue weighted by molar-refractivity contribution is 0.0522. The van der Waals surface area contributed by atoms with Crippen molar-refractivity contribution in [2.45, 2.75) is 38.6 Å². The van der Waals surface area contributed by atoms with E-state index in [0.717, 1.165) is 43.4 Å². The molecule has 0 aliphatic carbocycles. The number of fused-ring (bicyclic) bond motifs is 1. The second-order valence-corrected chi connectivity index (χ2v) is 6.67. The maximum absolute atomic E-state index is 12.9. The molecule has 1 aromatic heterocycles. The molecule has 0 radical (unpaired) electrons. The van der Waals surface area contributed by atoms with Crippen molar-refractivity contribution in [3.8, 4) is 0 Å². The van der Waals surface area contributed by atoms with Gasteiger partial charge in [-0.15, -0.1) is 0 Å². The molecule has 4 heteroatoms. The summed E-state index contributed by atoms with van der Waals surface area (Å²) in [6.45, 7) is 6.36. The number of rotatable bonds is 1. The van der Waals surface area contributed by atoms with Crippen molar-refractivity contribution in [1.82, 2.24) is 4.90 Å². The topological polar surface area (TPSA) is 42.7 Å². The van der Waals surface area contributed by atoms with Gasteiger partial charge in [0.05, 0.1) is 12.1 Å². The highest BCUT2D eigenvalue weighted by Crippen LogP contribution is 2.38. The maximum Gasteiger partial charge on any atom is 0.290 e. The molecule has 2 fully saturated rings. The molecule has 116 valence electrons. The van der Waals surface area contributed by atoms with Crippen molar-refractivity contribution in [2.75, 3.05) is 19.8 Å². The number of benzene rings is 1. The molecule has 0 N–H and O–H groups in total. The third-order valence-corrected chi connectivity index (χ3v) is 5.27. The molecule has 0 bridgehead atoms. The second kappa shape index (κ2) is 4.85. The zero-order chi connectivity index (χ0) is 15.3. The molecule has 1 amide bonds. The number of amides is 1. The molecule has 4 nitrogen and oxygen atoms in total. The first kappa shape index (κ1) is 13.8. The van der Waals surface area contributed by atoms with E-state index in [1.807, 2.05) is 17.0 Å². The first-order valence-electron chi connectivity index (χ1n) is 8.00. The van der Waals surface area contributed by atoms with E-state index in [2.05, 4.69) is 19.9 Å². The Morgan fingerprint density at radius 1 is 1.18 bits per heavy atom. The number of likely N-dealkylation sites (tertiary alicyclic amines) is 1. The minimum atomic E-state index is -0.0953. The number of aryl methyl sites for hydroxylation is 2. The second-order valence-electron chi connectivity index (χ2n) is 6.67. The lowest BCUT2D eigenvalue weighted by Gasteiger charge is -2.32. The predicted octanol–water partition coefficient (Wildman–Crippen LogP) is 3.44. The van der Waals surface area contributed by atoms with Crippen molar-refractivity contribution in [1.29, 1.82) is 0 Å². The third-order valence-electron chi connectivity index (χ3n) is 5.27. The van der Waals surface area contributed by atoms with Gasteiger partial charge in [0.1, 0.15) is 5.58 Å². The van der Waals surface area contributed by atoms with E-state index in [1.165, 1.54) is 11.1 Å². The molecule has 2 aliphatic rings. The highest BCUT2D eigenvalue weighted by atomic mass is 16.5. The van der Waals surface area contributed by atoms with Crippen LogP contribution in [0.5, 0.6) is 0 Å². The van der Waals surface area contributed by atoms with Crippen LogP contribution in [-0.4, -0.2) is 36.1 Å². The van der Waals surface area contributed by atoms with Crippen molar-refractivity contribution in [3.63, 3.8) is 0 Å². The Morgan fingerprint density at radius 3 is 2.77 bits per heavy atom. The summed E-state index contributed by atoms with van der Waals surface area (Å²) in [5, 5.41) is 1.00. The van der Waals surface area contributed by atoms with E-state index in [0.29, 0.717) is 12.4 Å². The van der Waals surface area contributed by atoms with Crippen molar-refractivity contribution >= 4 is 16.9 Å². The Balaban J connectivity index is 1.70. The summed E-state index contributed by atoms with van der Waals surface area (Å²) in [6.07, 6.45) is 3.03. The number of furan rings is 1. The van der Waals surface area contributed by atoms with Gasteiger partial charge < -0.3 is 14.1 Å². The SMILES string of the molecule is Cc1cc2cc(C(=O)N3CCCC34CCOC4)oc2cc1C. The lowest BCUT2D eigenvalue weighted by Crippen LogP contribution is -2.47. The predicted molar refractivity (Wildman–Crippen MR) is 84.1 cm³/mol. The van der Waals surface area contributed by atoms with Gasteiger partial charge in [0, 0.05) is 18.5 Å². The van der Waals surface area contributed by atoms with Gasteiger partial charge in [0.25, 0.3) is 5.91 Å². The highest BCUT2D eigenvalue weighted by molar-refractivity contribution is 5.97. The fraction of sp³-hybridized carbons (Fsp3) is 0.500. The Bertz CT molecular complexity index is 696. The Labute approximate surface area is 130 Å². The van der Waals surface area contributed by atoms with Crippen molar-refractivity contribution < 1.29 is 13.9 Å². The normalized spacial score (nSPS) is 24.7. The quantitative estimate of drug-likeness (QED) is 0.810. The fourth-order valence-corrected chi connectivity index (χ4v) is 3.80. The average molecular weight is 299 g/mol. The summed E-state index contributed by atoms with van der Waals surface area (Å²) in [6, 6.07) is 5.98. The summed E-state index contributed by atoms with van der Waals surface area (Å²) in [5.41, 5.74) is 3.10. The molecule has 4 rings (SSSR count). The van der Waals surface area contributed by atoms with Gasteiger partial charge in [-0.3, -0.25) is 4.79 Å². The molecule has 3 heterocycles. The van der Waals surface area contributed by atoms with E-state index in [9.17, 15) is 4.79 Å². The fourth-order valence-electron chi connectivity index (χ4n) is 3.80. The van der Waals surface area contributed by atoms with Crippen LogP contribution in [0, 0.1) is 13.8 Å². The van der Waals surface area contributed by atoms with Crippen LogP contribution in [0.3, 0.4) is 0 Å². The van der Waals surface area contributed by atoms with E-state index >= 15 is 0 Å². The standard InChI is InChI=1S/C18H21NO3/c1-12-8-14-10-16(22-15(14)9-13(12)2)17(20)19-6-3-4-18(19)5-7-21-11-18/h8-10H,3-7,11H2,1-2H3. The molecule has 2 aliphatic heterocycles. The summed E-state index contributed by atoms with van der Waals surface area (Å²) in [4.78, 5) is 14.9. The molecule has 22 heavy (non-hydrogen) atoms. The minimum absolute atomic E-state index is 0.00880. The van der Waals surface area contributed by atoms with Crippen LogP contribution in [-0.2, 0) is 4.74 Å². The third kappa shape index (κ3) is 1.97. The number of hydrogen-bond donors (Lipinski definition) is 0. The van der Waals surface area contributed by atoms with Crippen LogP contribution < -0.4 is 0 Å². The molecule has 1 unspecified atom stereocenters. The lowest BCUT2D eigenvalue weighted by atomic mass is 9.95. The zero-order valence-electron chi connectivity index (χ0n) is 13.1. The number of ether oxygens (including phenoxy) is 1. The van der Waals surface area contributed by atoms with Crippen LogP contribution in [0.15, 0.2) is 22.6 Å². The molecule has 2 aromatic rings. The van der Waals surface area contributed by atoms with Crippen LogP contribution in [0.25, 0.3) is 11.0 Å². The van der Waals surface area contributed by atoms with Crippen LogP contribution in [0.1, 0.15) is 40.9 Å². The van der Waals surface area contributed by atoms with E-state index < -0.39 is 0 Å². The summed E-state index contributed by atoms with van der Waals surface area (Å²) in [5.74, 6) is 0.461. The van der Waals surface area contributed by atoms with Crippen LogP contribution in [0.2, 0.25) is 0 Å². The Hall–Kier alpha value is -1.81. The van der Waals surface area contributed by atoms with Gasteiger partial charge in [0.2, 0.25) is 0 Å². The molecular weight excluding hydrogens is 278 g/mol. The maximum atomic E-state index is 12.9. The molecular formula is C18H21NO3. The first-order valence-corrected chi connectivity index (χ1v) is 8.00. The average Bonchev–Trinajstić information content (AvgIpc) is 3.20. The number of carbonyl (C=O) groups is 1. The van der Waals surface area contributed by atoms with Crippen molar-refractivity contribution in [2.24, 2.45) is 0 Å². The highest BCUT2D eigenvalue weighted by Gasteiger charge is 2.47.